The van der Waals surface area contributed by atoms with Crippen LogP contribution in [-0.2, 0) is 6.42 Å². The zero-order chi connectivity index (χ0) is 20.1. The Labute approximate surface area is 182 Å². The molecule has 30 heavy (non-hydrogen) atoms. The highest BCUT2D eigenvalue weighted by Crippen LogP contribution is 2.52. The molecule has 1 aromatic heterocycles. The van der Waals surface area contributed by atoms with Gasteiger partial charge in [-0.15, -0.1) is 12.4 Å². The van der Waals surface area contributed by atoms with Gasteiger partial charge in [0, 0.05) is 10.9 Å². The monoisotopic (exact) mass is 429 g/mol. The zero-order valence-electron chi connectivity index (χ0n) is 17.4. The number of aromatic nitrogens is 1. The SMILES string of the molecule is CCOc1cc2c3c(c4ncc(O)cc4c2cc1OCC)[C@@H](O)[C@H]1CCCC1C3.Cl. The molecule has 2 aliphatic rings. The molecule has 2 aromatic carbocycles. The molecule has 0 aliphatic heterocycles. The predicted octanol–water partition coefficient (Wildman–Crippen LogP) is 5.32. The van der Waals surface area contributed by atoms with Crippen molar-refractivity contribution < 1.29 is 19.7 Å². The molecule has 3 aromatic rings. The van der Waals surface area contributed by atoms with E-state index in [4.69, 9.17) is 9.47 Å². The Hall–Kier alpha value is -2.24. The molecule has 0 radical (unpaired) electrons. The number of halogens is 1. The van der Waals surface area contributed by atoms with Gasteiger partial charge in [-0.2, -0.15) is 0 Å². The largest absolute Gasteiger partial charge is 0.506 e. The first-order valence-electron chi connectivity index (χ1n) is 10.7. The molecular weight excluding hydrogens is 402 g/mol. The maximum Gasteiger partial charge on any atom is 0.161 e. The van der Waals surface area contributed by atoms with Crippen LogP contribution in [0.25, 0.3) is 21.7 Å². The van der Waals surface area contributed by atoms with E-state index in [2.05, 4.69) is 4.98 Å². The van der Waals surface area contributed by atoms with Crippen LogP contribution in [0.4, 0.5) is 0 Å². The van der Waals surface area contributed by atoms with Crippen molar-refractivity contribution in [2.75, 3.05) is 13.2 Å². The number of ether oxygens (including phenoxy) is 2. The molecule has 0 saturated heterocycles. The Bertz CT molecular complexity index is 1100. The number of fused-ring (bicyclic) bond motifs is 7. The van der Waals surface area contributed by atoms with Crippen molar-refractivity contribution in [1.82, 2.24) is 4.98 Å². The molecular formula is C24H28ClNO4. The van der Waals surface area contributed by atoms with E-state index in [9.17, 15) is 10.2 Å². The van der Waals surface area contributed by atoms with E-state index in [-0.39, 0.29) is 18.2 Å². The van der Waals surface area contributed by atoms with Crippen LogP contribution in [0.15, 0.2) is 24.4 Å². The number of hydrogen-bond acceptors (Lipinski definition) is 5. The van der Waals surface area contributed by atoms with Crippen LogP contribution in [-0.4, -0.2) is 28.4 Å². The Kier molecular flexibility index (Phi) is 5.69. The van der Waals surface area contributed by atoms with E-state index in [1.165, 1.54) is 24.6 Å². The first kappa shape index (κ1) is 21.0. The maximum absolute atomic E-state index is 11.3. The van der Waals surface area contributed by atoms with Gasteiger partial charge in [-0.3, -0.25) is 4.98 Å². The molecule has 0 spiro atoms. The molecule has 1 saturated carbocycles. The summed E-state index contributed by atoms with van der Waals surface area (Å²) in [6.07, 6.45) is 5.31. The fraction of sp³-hybridized carbons (Fsp3) is 0.458. The highest BCUT2D eigenvalue weighted by Gasteiger charge is 2.40. The van der Waals surface area contributed by atoms with Gasteiger partial charge >= 0.3 is 0 Å². The number of hydrogen-bond donors (Lipinski definition) is 2. The van der Waals surface area contributed by atoms with Crippen molar-refractivity contribution in [1.29, 1.82) is 0 Å². The van der Waals surface area contributed by atoms with E-state index in [0.717, 1.165) is 45.8 Å². The molecule has 6 heteroatoms. The average Bonchev–Trinajstić information content (AvgIpc) is 3.18. The first-order chi connectivity index (χ1) is 14.1. The van der Waals surface area contributed by atoms with E-state index < -0.39 is 6.10 Å². The zero-order valence-corrected chi connectivity index (χ0v) is 18.2. The summed E-state index contributed by atoms with van der Waals surface area (Å²) in [5.41, 5.74) is 2.89. The molecule has 2 aliphatic carbocycles. The van der Waals surface area contributed by atoms with Gasteiger partial charge in [-0.1, -0.05) is 6.42 Å². The van der Waals surface area contributed by atoms with E-state index in [1.54, 1.807) is 6.07 Å². The van der Waals surface area contributed by atoms with Crippen molar-refractivity contribution in [2.45, 2.75) is 45.6 Å². The van der Waals surface area contributed by atoms with Crippen molar-refractivity contribution in [3.05, 3.63) is 35.5 Å². The van der Waals surface area contributed by atoms with Gasteiger partial charge < -0.3 is 19.7 Å². The van der Waals surface area contributed by atoms with Crippen LogP contribution >= 0.6 is 12.4 Å². The highest BCUT2D eigenvalue weighted by molar-refractivity contribution is 6.11. The summed E-state index contributed by atoms with van der Waals surface area (Å²) in [4.78, 5) is 4.56. The topological polar surface area (TPSA) is 71.8 Å². The van der Waals surface area contributed by atoms with Gasteiger partial charge in [0.05, 0.1) is 31.0 Å². The molecule has 0 amide bonds. The van der Waals surface area contributed by atoms with Crippen molar-refractivity contribution in [2.24, 2.45) is 11.8 Å². The minimum absolute atomic E-state index is 0. The van der Waals surface area contributed by atoms with Gasteiger partial charge in [-0.25, -0.2) is 0 Å². The van der Waals surface area contributed by atoms with Gasteiger partial charge in [-0.05, 0) is 79.5 Å². The Morgan fingerprint density at radius 2 is 1.70 bits per heavy atom. The van der Waals surface area contributed by atoms with Gasteiger partial charge in [0.15, 0.2) is 11.5 Å². The van der Waals surface area contributed by atoms with Gasteiger partial charge in [0.25, 0.3) is 0 Å². The normalized spacial score (nSPS) is 22.4. The number of aliphatic hydroxyl groups excluding tert-OH is 1. The van der Waals surface area contributed by atoms with Crippen LogP contribution in [0, 0.1) is 11.8 Å². The van der Waals surface area contributed by atoms with Crippen molar-refractivity contribution in [3.63, 3.8) is 0 Å². The average molecular weight is 430 g/mol. The summed E-state index contributed by atoms with van der Waals surface area (Å²) < 4.78 is 11.7. The fourth-order valence-electron chi connectivity index (χ4n) is 5.48. The molecule has 1 heterocycles. The maximum atomic E-state index is 11.3. The highest BCUT2D eigenvalue weighted by atomic mass is 35.5. The summed E-state index contributed by atoms with van der Waals surface area (Å²) in [6.45, 7) is 5.01. The molecule has 0 bridgehead atoms. The first-order valence-corrected chi connectivity index (χ1v) is 10.7. The third-order valence-corrected chi connectivity index (χ3v) is 6.64. The minimum Gasteiger partial charge on any atom is -0.506 e. The fourth-order valence-corrected chi connectivity index (χ4v) is 5.48. The van der Waals surface area contributed by atoms with E-state index in [1.807, 2.05) is 26.0 Å². The summed E-state index contributed by atoms with van der Waals surface area (Å²) in [5.74, 6) is 2.35. The molecule has 2 N–H and O–H groups in total. The minimum atomic E-state index is -0.516. The second kappa shape index (κ2) is 8.12. The molecule has 3 atom stereocenters. The lowest BCUT2D eigenvalue weighted by molar-refractivity contribution is 0.0758. The van der Waals surface area contributed by atoms with Crippen LogP contribution in [0.3, 0.4) is 0 Å². The Morgan fingerprint density at radius 1 is 1.00 bits per heavy atom. The van der Waals surface area contributed by atoms with E-state index >= 15 is 0 Å². The molecule has 5 nitrogen and oxygen atoms in total. The number of benzene rings is 2. The molecule has 1 fully saturated rings. The lowest BCUT2D eigenvalue weighted by Gasteiger charge is -2.34. The van der Waals surface area contributed by atoms with Crippen LogP contribution < -0.4 is 9.47 Å². The summed E-state index contributed by atoms with van der Waals surface area (Å²) in [7, 11) is 0. The summed E-state index contributed by atoms with van der Waals surface area (Å²) in [6, 6.07) is 5.79. The summed E-state index contributed by atoms with van der Waals surface area (Å²) >= 11 is 0. The predicted molar refractivity (Wildman–Crippen MR) is 120 cm³/mol. The Morgan fingerprint density at radius 3 is 2.40 bits per heavy atom. The summed E-state index contributed by atoms with van der Waals surface area (Å²) in [5, 5.41) is 24.3. The molecule has 1 unspecified atom stereocenters. The number of rotatable bonds is 4. The van der Waals surface area contributed by atoms with Crippen LogP contribution in [0.1, 0.15) is 50.3 Å². The van der Waals surface area contributed by atoms with E-state index in [0.29, 0.717) is 30.8 Å². The third kappa shape index (κ3) is 3.15. The second-order valence-corrected chi connectivity index (χ2v) is 8.20. The third-order valence-electron chi connectivity index (χ3n) is 6.64. The number of nitrogens with zero attached hydrogens (tertiary/aromatic N) is 1. The molecule has 5 rings (SSSR count). The number of aliphatic hydroxyl groups is 1. The van der Waals surface area contributed by atoms with Crippen molar-refractivity contribution >= 4 is 34.1 Å². The second-order valence-electron chi connectivity index (χ2n) is 8.20. The van der Waals surface area contributed by atoms with Gasteiger partial charge in [0.2, 0.25) is 0 Å². The smallest absolute Gasteiger partial charge is 0.161 e. The molecule has 160 valence electrons. The standard InChI is InChI=1S/C24H27NO4.ClH/c1-3-28-20-10-16-17(11-21(20)29-4-2)19-9-14(26)12-25-23(19)22-18(16)8-13-6-5-7-15(13)24(22)27;/h9-13,15,24,26-27H,3-8H2,1-2H3;1H/t13?,15-,24-;/m0./s1. The van der Waals surface area contributed by atoms with Crippen LogP contribution in [0.5, 0.6) is 17.2 Å². The Balaban J connectivity index is 0.00000218. The van der Waals surface area contributed by atoms with Gasteiger partial charge in [0.1, 0.15) is 5.75 Å². The quantitative estimate of drug-likeness (QED) is 0.549. The number of pyridine rings is 1. The van der Waals surface area contributed by atoms with Crippen molar-refractivity contribution in [3.8, 4) is 17.2 Å². The lowest BCUT2D eigenvalue weighted by Crippen LogP contribution is -2.26. The number of aromatic hydroxyl groups is 1. The van der Waals surface area contributed by atoms with Crippen LogP contribution in [0.2, 0.25) is 0 Å². The lowest BCUT2D eigenvalue weighted by atomic mass is 9.73.